The molecule has 1 fully saturated rings. The largest absolute Gasteiger partial charge is 0.493 e. The lowest BCUT2D eigenvalue weighted by Crippen LogP contribution is -2.21. The molecule has 0 N–H and O–H groups in total. The molecule has 1 aromatic rings. The number of rotatable bonds is 2. The molecular weight excluding hydrogens is 233 g/mol. The van der Waals surface area contributed by atoms with Gasteiger partial charge in [-0.2, -0.15) is 4.99 Å². The molecule has 0 amide bonds. The summed E-state index contributed by atoms with van der Waals surface area (Å²) in [6.07, 6.45) is 5.60. The summed E-state index contributed by atoms with van der Waals surface area (Å²) in [7, 11) is 0. The Morgan fingerprint density at radius 3 is 2.83 bits per heavy atom. The second-order valence-electron chi connectivity index (χ2n) is 4.94. The number of aliphatic imine (C=N–C) groups is 1. The monoisotopic (exact) mass is 247 g/mol. The van der Waals surface area contributed by atoms with Crippen molar-refractivity contribution in [3.63, 3.8) is 0 Å². The van der Waals surface area contributed by atoms with Crippen molar-refractivity contribution in [1.82, 2.24) is 0 Å². The molecule has 1 heterocycles. The van der Waals surface area contributed by atoms with E-state index in [-0.39, 0.29) is 5.82 Å². The lowest BCUT2D eigenvalue weighted by atomic mass is 9.87. The van der Waals surface area contributed by atoms with E-state index >= 15 is 0 Å². The number of halogens is 1. The van der Waals surface area contributed by atoms with E-state index in [1.54, 1.807) is 18.2 Å². The Morgan fingerprint density at radius 1 is 1.33 bits per heavy atom. The highest BCUT2D eigenvalue weighted by Gasteiger charge is 2.39. The Bertz CT molecular complexity index is 529. The molecule has 0 atom stereocenters. The van der Waals surface area contributed by atoms with Crippen molar-refractivity contribution < 1.29 is 13.9 Å². The molecule has 3 nitrogen and oxygen atoms in total. The second kappa shape index (κ2) is 4.21. The molecule has 0 bridgehead atoms. The van der Waals surface area contributed by atoms with E-state index in [4.69, 9.17) is 4.74 Å². The first-order valence-corrected chi connectivity index (χ1v) is 6.30. The summed E-state index contributed by atoms with van der Waals surface area (Å²) in [6.45, 7) is 0.527. The first kappa shape index (κ1) is 11.4. The topological polar surface area (TPSA) is 38.7 Å². The Hall–Kier alpha value is -1.67. The summed E-state index contributed by atoms with van der Waals surface area (Å²) in [6, 6.07) is 3.51. The molecule has 2 aliphatic rings. The van der Waals surface area contributed by atoms with Crippen LogP contribution in [-0.2, 0) is 16.8 Å². The molecule has 3 rings (SSSR count). The van der Waals surface area contributed by atoms with Gasteiger partial charge in [0.25, 0.3) is 0 Å². The third kappa shape index (κ3) is 1.57. The smallest absolute Gasteiger partial charge is 0.235 e. The molecule has 94 valence electrons. The summed E-state index contributed by atoms with van der Waals surface area (Å²) >= 11 is 0. The summed E-state index contributed by atoms with van der Waals surface area (Å²) in [4.78, 5) is 14.6. The quantitative estimate of drug-likeness (QED) is 0.595. The van der Waals surface area contributed by atoms with Gasteiger partial charge in [0.1, 0.15) is 17.1 Å². The standard InChI is InChI=1S/C14H14FNO2/c15-13-10-5-8-18-12(10)4-3-11(13)14(16-9-17)6-1-2-7-14/h3-4H,1-2,5-8H2. The van der Waals surface area contributed by atoms with Gasteiger partial charge in [-0.3, -0.25) is 0 Å². The Balaban J connectivity index is 2.13. The highest BCUT2D eigenvalue weighted by atomic mass is 19.1. The number of benzene rings is 1. The summed E-state index contributed by atoms with van der Waals surface area (Å²) in [5.41, 5.74) is 0.469. The maximum absolute atomic E-state index is 14.5. The number of ether oxygens (including phenoxy) is 1. The number of isocyanates is 1. The average molecular weight is 247 g/mol. The zero-order valence-corrected chi connectivity index (χ0v) is 10.0. The average Bonchev–Trinajstić information content (AvgIpc) is 2.99. The molecule has 0 unspecified atom stereocenters. The lowest BCUT2D eigenvalue weighted by Gasteiger charge is -2.24. The fourth-order valence-electron chi connectivity index (χ4n) is 3.08. The van der Waals surface area contributed by atoms with Gasteiger partial charge in [0.2, 0.25) is 6.08 Å². The Morgan fingerprint density at radius 2 is 2.11 bits per heavy atom. The molecule has 4 heteroatoms. The summed E-state index contributed by atoms with van der Waals surface area (Å²) in [5, 5.41) is 0. The van der Waals surface area contributed by atoms with Crippen LogP contribution < -0.4 is 4.74 Å². The van der Waals surface area contributed by atoms with E-state index in [2.05, 4.69) is 4.99 Å². The van der Waals surface area contributed by atoms with Crippen molar-refractivity contribution in [3.8, 4) is 5.75 Å². The van der Waals surface area contributed by atoms with Crippen molar-refractivity contribution in [2.24, 2.45) is 4.99 Å². The molecule has 0 saturated heterocycles. The first-order valence-electron chi connectivity index (χ1n) is 6.30. The molecule has 0 spiro atoms. The van der Waals surface area contributed by atoms with Crippen LogP contribution in [0.4, 0.5) is 4.39 Å². The predicted molar refractivity (Wildman–Crippen MR) is 63.9 cm³/mol. The van der Waals surface area contributed by atoms with Crippen molar-refractivity contribution in [2.75, 3.05) is 6.61 Å². The van der Waals surface area contributed by atoms with Gasteiger partial charge in [-0.25, -0.2) is 9.18 Å². The number of hydrogen-bond acceptors (Lipinski definition) is 3. The number of fused-ring (bicyclic) bond motifs is 1. The highest BCUT2D eigenvalue weighted by molar-refractivity contribution is 5.46. The second-order valence-corrected chi connectivity index (χ2v) is 4.94. The Kier molecular flexibility index (Phi) is 2.67. The van der Waals surface area contributed by atoms with Gasteiger partial charge >= 0.3 is 0 Å². The summed E-state index contributed by atoms with van der Waals surface area (Å²) < 4.78 is 19.9. The van der Waals surface area contributed by atoms with Gasteiger partial charge in [-0.15, -0.1) is 0 Å². The predicted octanol–water partition coefficient (Wildman–Crippen LogP) is 2.87. The van der Waals surface area contributed by atoms with Gasteiger partial charge in [0, 0.05) is 17.5 Å². The van der Waals surface area contributed by atoms with E-state index in [1.165, 1.54) is 0 Å². The van der Waals surface area contributed by atoms with Crippen molar-refractivity contribution in [1.29, 1.82) is 0 Å². The van der Waals surface area contributed by atoms with Crippen LogP contribution in [0.2, 0.25) is 0 Å². The molecule has 1 aliphatic carbocycles. The zero-order valence-electron chi connectivity index (χ0n) is 10.0. The van der Waals surface area contributed by atoms with Crippen molar-refractivity contribution in [2.45, 2.75) is 37.6 Å². The van der Waals surface area contributed by atoms with Gasteiger partial charge in [-0.05, 0) is 25.0 Å². The van der Waals surface area contributed by atoms with Gasteiger partial charge in [0.15, 0.2) is 0 Å². The maximum atomic E-state index is 14.5. The van der Waals surface area contributed by atoms with Crippen LogP contribution in [0.3, 0.4) is 0 Å². The minimum atomic E-state index is -0.691. The minimum absolute atomic E-state index is 0.245. The molecule has 18 heavy (non-hydrogen) atoms. The fourth-order valence-corrected chi connectivity index (χ4v) is 3.08. The SMILES string of the molecule is O=C=NC1(c2ccc3c(c2F)CCO3)CCCC1. The maximum Gasteiger partial charge on any atom is 0.235 e. The van der Waals surface area contributed by atoms with Gasteiger partial charge in [0.05, 0.1) is 6.61 Å². The molecule has 0 aromatic heterocycles. The third-order valence-electron chi connectivity index (χ3n) is 4.00. The van der Waals surface area contributed by atoms with E-state index in [0.29, 0.717) is 29.9 Å². The normalized spacial score (nSPS) is 20.1. The number of hydrogen-bond donors (Lipinski definition) is 0. The number of carbonyl (C=O) groups excluding carboxylic acids is 1. The van der Waals surface area contributed by atoms with Crippen LogP contribution in [0.15, 0.2) is 17.1 Å². The van der Waals surface area contributed by atoms with Gasteiger partial charge < -0.3 is 4.74 Å². The molecular formula is C14H14FNO2. The van der Waals surface area contributed by atoms with Crippen molar-refractivity contribution in [3.05, 3.63) is 29.1 Å². The van der Waals surface area contributed by atoms with Crippen LogP contribution in [0.25, 0.3) is 0 Å². The van der Waals surface area contributed by atoms with E-state index in [9.17, 15) is 9.18 Å². The number of nitrogens with zero attached hydrogens (tertiary/aromatic N) is 1. The van der Waals surface area contributed by atoms with Crippen molar-refractivity contribution >= 4 is 6.08 Å². The summed E-state index contributed by atoms with van der Waals surface area (Å²) in [5.74, 6) is 0.380. The van der Waals surface area contributed by atoms with E-state index in [1.807, 2.05) is 0 Å². The van der Waals surface area contributed by atoms with E-state index < -0.39 is 5.54 Å². The molecule has 0 radical (unpaired) electrons. The van der Waals surface area contributed by atoms with Crippen LogP contribution in [0.5, 0.6) is 5.75 Å². The molecule has 1 aromatic carbocycles. The first-order chi connectivity index (χ1) is 8.77. The van der Waals surface area contributed by atoms with Crippen LogP contribution >= 0.6 is 0 Å². The van der Waals surface area contributed by atoms with Gasteiger partial charge in [-0.1, -0.05) is 12.8 Å². The Labute approximate surface area is 105 Å². The minimum Gasteiger partial charge on any atom is -0.493 e. The molecule has 1 aliphatic heterocycles. The zero-order chi connectivity index (χ0) is 12.6. The molecule has 1 saturated carbocycles. The third-order valence-corrected chi connectivity index (χ3v) is 4.00. The van der Waals surface area contributed by atoms with Crippen LogP contribution in [0, 0.1) is 5.82 Å². The van der Waals surface area contributed by atoms with Crippen LogP contribution in [-0.4, -0.2) is 12.7 Å². The van der Waals surface area contributed by atoms with Crippen LogP contribution in [0.1, 0.15) is 36.8 Å². The fraction of sp³-hybridized carbons (Fsp3) is 0.500. The highest BCUT2D eigenvalue weighted by Crippen LogP contribution is 2.45. The lowest BCUT2D eigenvalue weighted by molar-refractivity contribution is 0.356. The van der Waals surface area contributed by atoms with E-state index in [0.717, 1.165) is 25.7 Å².